The average molecular weight is 500 g/mol. The molecule has 1 aromatic carbocycles. The fraction of sp³-hybridized carbons (Fsp3) is 0.690. The predicted octanol–water partition coefficient (Wildman–Crippen LogP) is 5.27. The van der Waals surface area contributed by atoms with E-state index in [1.807, 2.05) is 45.0 Å². The summed E-state index contributed by atoms with van der Waals surface area (Å²) in [5, 5.41) is 6.08. The number of amides is 3. The van der Waals surface area contributed by atoms with E-state index in [0.29, 0.717) is 0 Å². The van der Waals surface area contributed by atoms with E-state index in [1.165, 1.54) is 6.42 Å². The fourth-order valence-corrected chi connectivity index (χ4v) is 5.12. The monoisotopic (exact) mass is 499 g/mol. The molecule has 2 aliphatic carbocycles. The second-order valence-electron chi connectivity index (χ2n) is 12.0. The third kappa shape index (κ3) is 7.23. The van der Waals surface area contributed by atoms with E-state index in [4.69, 9.17) is 4.74 Å². The molecule has 200 valence electrons. The van der Waals surface area contributed by atoms with Gasteiger partial charge in [-0.3, -0.25) is 9.59 Å². The van der Waals surface area contributed by atoms with Gasteiger partial charge in [-0.1, -0.05) is 64.3 Å². The number of alkyl carbamates (subject to hydrolysis) is 1. The lowest BCUT2D eigenvalue weighted by Crippen LogP contribution is -2.56. The van der Waals surface area contributed by atoms with E-state index < -0.39 is 23.8 Å². The molecule has 0 heterocycles. The molecule has 7 nitrogen and oxygen atoms in total. The number of carbonyl (C=O) groups excluding carboxylic acids is 3. The summed E-state index contributed by atoms with van der Waals surface area (Å²) >= 11 is 0. The molecule has 0 aliphatic heterocycles. The standard InChI is InChI=1S/C29H45N3O4/c1-18(2)24(31-28(35)36-29(5,6)7)27(34)32(23-17-20(23)4)25(22-16-12-11-13-19(22)3)26(33)30-21-14-9-8-10-15-21/h11-13,16,18,20-21,23-25H,8-10,14-15,17H2,1-7H3,(H,30,33)(H,31,35). The van der Waals surface area contributed by atoms with Crippen molar-refractivity contribution in [2.75, 3.05) is 0 Å². The molecule has 3 rings (SSSR count). The lowest BCUT2D eigenvalue weighted by atomic mass is 9.93. The number of hydrogen-bond acceptors (Lipinski definition) is 4. The van der Waals surface area contributed by atoms with Gasteiger partial charge in [-0.15, -0.1) is 0 Å². The van der Waals surface area contributed by atoms with E-state index in [9.17, 15) is 14.4 Å². The van der Waals surface area contributed by atoms with E-state index >= 15 is 0 Å². The molecular formula is C29H45N3O4. The zero-order valence-corrected chi connectivity index (χ0v) is 23.1. The Bertz CT molecular complexity index is 933. The van der Waals surface area contributed by atoms with Gasteiger partial charge < -0.3 is 20.3 Å². The highest BCUT2D eigenvalue weighted by atomic mass is 16.6. The molecule has 36 heavy (non-hydrogen) atoms. The molecule has 1 aromatic rings. The van der Waals surface area contributed by atoms with Crippen molar-refractivity contribution in [2.24, 2.45) is 11.8 Å². The quantitative estimate of drug-likeness (QED) is 0.510. The molecule has 0 bridgehead atoms. The van der Waals surface area contributed by atoms with Crippen LogP contribution in [0.2, 0.25) is 0 Å². The second-order valence-corrected chi connectivity index (χ2v) is 12.0. The van der Waals surface area contributed by atoms with Gasteiger partial charge in [0, 0.05) is 12.1 Å². The number of nitrogens with zero attached hydrogens (tertiary/aromatic N) is 1. The van der Waals surface area contributed by atoms with Crippen LogP contribution in [0, 0.1) is 18.8 Å². The number of nitrogens with one attached hydrogen (secondary N) is 2. The third-order valence-corrected chi connectivity index (χ3v) is 7.24. The van der Waals surface area contributed by atoms with Crippen LogP contribution < -0.4 is 10.6 Å². The Kier molecular flexibility index (Phi) is 9.07. The molecule has 7 heteroatoms. The minimum Gasteiger partial charge on any atom is -0.444 e. The van der Waals surface area contributed by atoms with Crippen molar-refractivity contribution >= 4 is 17.9 Å². The van der Waals surface area contributed by atoms with Crippen LogP contribution in [0.15, 0.2) is 24.3 Å². The second kappa shape index (κ2) is 11.7. The van der Waals surface area contributed by atoms with Crippen molar-refractivity contribution in [3.63, 3.8) is 0 Å². The summed E-state index contributed by atoms with van der Waals surface area (Å²) < 4.78 is 5.46. The molecule has 2 aliphatic rings. The van der Waals surface area contributed by atoms with Crippen LogP contribution in [0.5, 0.6) is 0 Å². The number of ether oxygens (including phenoxy) is 1. The van der Waals surface area contributed by atoms with Crippen LogP contribution in [-0.2, 0) is 14.3 Å². The van der Waals surface area contributed by atoms with Gasteiger partial charge in [-0.2, -0.15) is 0 Å². The molecule has 0 spiro atoms. The van der Waals surface area contributed by atoms with Crippen LogP contribution in [0.25, 0.3) is 0 Å². The first kappa shape index (κ1) is 28.0. The number of carbonyl (C=O) groups is 3. The van der Waals surface area contributed by atoms with E-state index in [-0.39, 0.29) is 35.7 Å². The van der Waals surface area contributed by atoms with Crippen molar-refractivity contribution < 1.29 is 19.1 Å². The van der Waals surface area contributed by atoms with Crippen LogP contribution in [0.3, 0.4) is 0 Å². The van der Waals surface area contributed by atoms with Gasteiger partial charge in [-0.25, -0.2) is 4.79 Å². The fourth-order valence-electron chi connectivity index (χ4n) is 5.12. The van der Waals surface area contributed by atoms with Crippen LogP contribution in [0.4, 0.5) is 4.79 Å². The van der Waals surface area contributed by atoms with Crippen LogP contribution >= 0.6 is 0 Å². The molecule has 0 saturated heterocycles. The van der Waals surface area contributed by atoms with Crippen molar-refractivity contribution in [1.82, 2.24) is 15.5 Å². The first-order valence-electron chi connectivity index (χ1n) is 13.6. The topological polar surface area (TPSA) is 87.7 Å². The number of benzene rings is 1. The van der Waals surface area contributed by atoms with E-state index in [2.05, 4.69) is 17.6 Å². The summed E-state index contributed by atoms with van der Waals surface area (Å²) in [6.45, 7) is 13.3. The van der Waals surface area contributed by atoms with Gasteiger partial charge >= 0.3 is 6.09 Å². The zero-order chi connectivity index (χ0) is 26.6. The Morgan fingerprint density at radius 1 is 1.06 bits per heavy atom. The maximum absolute atomic E-state index is 14.2. The highest BCUT2D eigenvalue weighted by Crippen LogP contribution is 2.41. The van der Waals surface area contributed by atoms with Gasteiger partial charge in [-0.05, 0) is 69.9 Å². The summed E-state index contributed by atoms with van der Waals surface area (Å²) in [4.78, 5) is 42.6. The van der Waals surface area contributed by atoms with E-state index in [1.54, 1.807) is 25.7 Å². The number of aryl methyl sites for hydroxylation is 1. The maximum atomic E-state index is 14.2. The Hall–Kier alpha value is -2.57. The molecule has 2 N–H and O–H groups in total. The summed E-state index contributed by atoms with van der Waals surface area (Å²) in [7, 11) is 0. The highest BCUT2D eigenvalue weighted by molar-refractivity contribution is 5.93. The highest BCUT2D eigenvalue weighted by Gasteiger charge is 2.49. The zero-order valence-electron chi connectivity index (χ0n) is 23.1. The van der Waals surface area contributed by atoms with Gasteiger partial charge in [0.25, 0.3) is 0 Å². The molecule has 3 amide bonds. The Labute approximate surface area is 216 Å². The Morgan fingerprint density at radius 3 is 2.19 bits per heavy atom. The molecule has 0 radical (unpaired) electrons. The molecular weight excluding hydrogens is 454 g/mol. The van der Waals surface area contributed by atoms with Crippen molar-refractivity contribution in [1.29, 1.82) is 0 Å². The first-order valence-corrected chi connectivity index (χ1v) is 13.6. The minimum absolute atomic E-state index is 0.0547. The molecule has 0 aromatic heterocycles. The number of hydrogen-bond donors (Lipinski definition) is 2. The van der Waals surface area contributed by atoms with Crippen LogP contribution in [-0.4, -0.2) is 46.5 Å². The minimum atomic E-state index is -0.804. The van der Waals surface area contributed by atoms with Crippen molar-refractivity contribution in [3.8, 4) is 0 Å². The largest absolute Gasteiger partial charge is 0.444 e. The van der Waals surface area contributed by atoms with Gasteiger partial charge in [0.1, 0.15) is 17.7 Å². The van der Waals surface area contributed by atoms with Crippen molar-refractivity contribution in [3.05, 3.63) is 35.4 Å². The Balaban J connectivity index is 1.96. The van der Waals surface area contributed by atoms with Gasteiger partial charge in [0.2, 0.25) is 11.8 Å². The summed E-state index contributed by atoms with van der Waals surface area (Å²) in [6.07, 6.45) is 5.56. The summed E-state index contributed by atoms with van der Waals surface area (Å²) in [6, 6.07) is 6.31. The maximum Gasteiger partial charge on any atom is 0.408 e. The van der Waals surface area contributed by atoms with Gasteiger partial charge in [0.05, 0.1) is 0 Å². The summed E-state index contributed by atoms with van der Waals surface area (Å²) in [5.74, 6) is -0.265. The normalized spacial score (nSPS) is 21.9. The lowest BCUT2D eigenvalue weighted by molar-refractivity contribution is -0.144. The first-order chi connectivity index (χ1) is 16.9. The van der Waals surface area contributed by atoms with Crippen molar-refractivity contribution in [2.45, 2.75) is 117 Å². The molecule has 4 atom stereocenters. The smallest absolute Gasteiger partial charge is 0.408 e. The predicted molar refractivity (Wildman–Crippen MR) is 141 cm³/mol. The summed E-state index contributed by atoms with van der Waals surface area (Å²) in [5.41, 5.74) is 1.12. The molecule has 2 fully saturated rings. The molecule has 4 unspecified atom stereocenters. The SMILES string of the molecule is Cc1ccccc1C(C(=O)NC1CCCCC1)N(C(=O)C(NC(=O)OC(C)(C)C)C(C)C)C1CC1C. The lowest BCUT2D eigenvalue weighted by Gasteiger charge is -2.37. The van der Waals surface area contributed by atoms with Gasteiger partial charge in [0.15, 0.2) is 0 Å². The van der Waals surface area contributed by atoms with E-state index in [0.717, 1.165) is 43.2 Å². The third-order valence-electron chi connectivity index (χ3n) is 7.24. The molecule has 2 saturated carbocycles. The van der Waals surface area contributed by atoms with Crippen LogP contribution in [0.1, 0.15) is 97.2 Å². The number of rotatable bonds is 8. The Morgan fingerprint density at radius 2 is 1.67 bits per heavy atom. The average Bonchev–Trinajstić information content (AvgIpc) is 3.51.